The zero-order chi connectivity index (χ0) is 14.2. The fourth-order valence-corrected chi connectivity index (χ4v) is 2.50. The van der Waals surface area contributed by atoms with Crippen LogP contribution >= 0.6 is 15.9 Å². The molecule has 2 aromatic rings. The summed E-state index contributed by atoms with van der Waals surface area (Å²) in [6, 6.07) is 9.34. The Balaban J connectivity index is 2.63. The van der Waals surface area contributed by atoms with Gasteiger partial charge in [-0.15, -0.1) is 0 Å². The Bertz CT molecular complexity index is 644. The third-order valence-corrected chi connectivity index (χ3v) is 3.28. The third-order valence-electron chi connectivity index (χ3n) is 2.63. The first-order valence-electron chi connectivity index (χ1n) is 5.99. The number of carbonyl (C=O) groups is 1. The molecule has 0 aliphatic rings. The summed E-state index contributed by atoms with van der Waals surface area (Å²) >= 11 is 3.46. The molecule has 0 atom stereocenters. The molecule has 0 saturated heterocycles. The lowest BCUT2D eigenvalue weighted by molar-refractivity contribution is 0.00731. The first-order chi connectivity index (χ1) is 8.79. The van der Waals surface area contributed by atoms with Gasteiger partial charge in [0.15, 0.2) is 0 Å². The van der Waals surface area contributed by atoms with Crippen molar-refractivity contribution in [3.63, 3.8) is 0 Å². The quantitative estimate of drug-likeness (QED) is 0.634. The number of fused-ring (bicyclic) bond motifs is 1. The summed E-state index contributed by atoms with van der Waals surface area (Å²) in [5, 5.41) is 1.74. The van der Waals surface area contributed by atoms with Crippen LogP contribution in [0.1, 0.15) is 31.1 Å². The van der Waals surface area contributed by atoms with E-state index in [1.165, 1.54) is 0 Å². The number of hydrogen-bond acceptors (Lipinski definition) is 3. The first-order valence-corrected chi connectivity index (χ1v) is 6.79. The molecule has 0 aliphatic carbocycles. The topological polar surface area (TPSA) is 52.3 Å². The normalized spacial score (nSPS) is 11.6. The van der Waals surface area contributed by atoms with Crippen molar-refractivity contribution in [1.82, 2.24) is 0 Å². The summed E-state index contributed by atoms with van der Waals surface area (Å²) in [6.07, 6.45) is 0. The fraction of sp³-hybridized carbons (Fsp3) is 0.267. The van der Waals surface area contributed by atoms with Crippen molar-refractivity contribution in [3.8, 4) is 0 Å². The number of carbonyl (C=O) groups excluding carboxylic acids is 1. The highest BCUT2D eigenvalue weighted by Gasteiger charge is 2.22. The van der Waals surface area contributed by atoms with Gasteiger partial charge in [-0.05, 0) is 37.6 Å². The van der Waals surface area contributed by atoms with Gasteiger partial charge in [0.25, 0.3) is 0 Å². The highest BCUT2D eigenvalue weighted by Crippen LogP contribution is 2.32. The predicted octanol–water partition coefficient (Wildman–Crippen LogP) is 4.14. The Morgan fingerprint density at radius 2 is 1.79 bits per heavy atom. The maximum Gasteiger partial charge on any atom is 0.341 e. The van der Waals surface area contributed by atoms with Crippen molar-refractivity contribution in [2.45, 2.75) is 26.4 Å². The number of ether oxygens (including phenoxy) is 1. The Kier molecular flexibility index (Phi) is 3.54. The van der Waals surface area contributed by atoms with Gasteiger partial charge >= 0.3 is 5.97 Å². The molecule has 0 saturated carbocycles. The second-order valence-corrected chi connectivity index (χ2v) is 6.22. The second-order valence-electron chi connectivity index (χ2n) is 5.37. The SMILES string of the molecule is CC(C)(C)OC(=O)c1c(N)cc(Br)c2ccccc12. The molecule has 4 heteroatoms. The van der Waals surface area contributed by atoms with Crippen LogP contribution in [0.25, 0.3) is 10.8 Å². The predicted molar refractivity (Wildman–Crippen MR) is 81.2 cm³/mol. The summed E-state index contributed by atoms with van der Waals surface area (Å²) in [4.78, 5) is 12.3. The Labute approximate surface area is 120 Å². The molecule has 0 aliphatic heterocycles. The summed E-state index contributed by atoms with van der Waals surface area (Å²) in [6.45, 7) is 5.51. The maximum atomic E-state index is 12.3. The van der Waals surface area contributed by atoms with Gasteiger partial charge < -0.3 is 10.5 Å². The van der Waals surface area contributed by atoms with Gasteiger partial charge in [0, 0.05) is 10.2 Å². The molecule has 100 valence electrons. The van der Waals surface area contributed by atoms with Crippen LogP contribution in [0.5, 0.6) is 0 Å². The van der Waals surface area contributed by atoms with E-state index >= 15 is 0 Å². The van der Waals surface area contributed by atoms with Crippen LogP contribution in [0.15, 0.2) is 34.8 Å². The summed E-state index contributed by atoms with van der Waals surface area (Å²) in [5.74, 6) is -0.395. The van der Waals surface area contributed by atoms with Crippen molar-refractivity contribution in [3.05, 3.63) is 40.4 Å². The lowest BCUT2D eigenvalue weighted by Crippen LogP contribution is -2.24. The first kappa shape index (κ1) is 13.9. The van der Waals surface area contributed by atoms with Crippen LogP contribution in [0.3, 0.4) is 0 Å². The van der Waals surface area contributed by atoms with Gasteiger partial charge in [0.2, 0.25) is 0 Å². The van der Waals surface area contributed by atoms with Crippen molar-refractivity contribution >= 4 is 38.4 Å². The van der Waals surface area contributed by atoms with E-state index < -0.39 is 11.6 Å². The number of halogens is 1. The second kappa shape index (κ2) is 4.85. The fourth-order valence-electron chi connectivity index (χ4n) is 1.91. The monoisotopic (exact) mass is 321 g/mol. The molecular weight excluding hydrogens is 306 g/mol. The average Bonchev–Trinajstić information content (AvgIpc) is 2.26. The van der Waals surface area contributed by atoms with Crippen molar-refractivity contribution in [2.24, 2.45) is 0 Å². The van der Waals surface area contributed by atoms with Crippen LogP contribution in [0.4, 0.5) is 5.69 Å². The van der Waals surface area contributed by atoms with Crippen LogP contribution in [0, 0.1) is 0 Å². The minimum atomic E-state index is -0.544. The van der Waals surface area contributed by atoms with E-state index in [2.05, 4.69) is 15.9 Å². The highest BCUT2D eigenvalue weighted by atomic mass is 79.9. The van der Waals surface area contributed by atoms with Gasteiger partial charge in [-0.2, -0.15) is 0 Å². The molecule has 0 aromatic heterocycles. The molecule has 0 spiro atoms. The van der Waals surface area contributed by atoms with E-state index in [0.29, 0.717) is 11.3 Å². The highest BCUT2D eigenvalue weighted by molar-refractivity contribution is 9.10. The number of rotatable bonds is 1. The minimum Gasteiger partial charge on any atom is -0.456 e. The van der Waals surface area contributed by atoms with Crippen molar-refractivity contribution in [2.75, 3.05) is 5.73 Å². The number of nitrogens with two attached hydrogens (primary N) is 1. The van der Waals surface area contributed by atoms with Gasteiger partial charge in [0.1, 0.15) is 5.60 Å². The zero-order valence-corrected chi connectivity index (χ0v) is 12.7. The molecule has 3 nitrogen and oxygen atoms in total. The van der Waals surface area contributed by atoms with E-state index in [0.717, 1.165) is 15.2 Å². The van der Waals surface area contributed by atoms with Crippen LogP contribution in [-0.2, 0) is 4.74 Å². The largest absolute Gasteiger partial charge is 0.456 e. The lowest BCUT2D eigenvalue weighted by atomic mass is 10.0. The van der Waals surface area contributed by atoms with Gasteiger partial charge in [-0.25, -0.2) is 4.79 Å². The molecule has 0 unspecified atom stereocenters. The Morgan fingerprint density at radius 1 is 1.21 bits per heavy atom. The summed E-state index contributed by atoms with van der Waals surface area (Å²) in [7, 11) is 0. The Morgan fingerprint density at radius 3 is 2.37 bits per heavy atom. The van der Waals surface area contributed by atoms with E-state index in [-0.39, 0.29) is 0 Å². The van der Waals surface area contributed by atoms with Gasteiger partial charge in [0.05, 0.1) is 5.56 Å². The minimum absolute atomic E-state index is 0.395. The molecule has 0 radical (unpaired) electrons. The number of benzene rings is 2. The molecular formula is C15H16BrNO2. The van der Waals surface area contributed by atoms with E-state index in [9.17, 15) is 4.79 Å². The number of esters is 1. The standard InChI is InChI=1S/C15H16BrNO2/c1-15(2,3)19-14(18)13-10-7-5-4-6-9(10)11(16)8-12(13)17/h4-8H,17H2,1-3H3. The number of hydrogen-bond donors (Lipinski definition) is 1. The molecule has 0 bridgehead atoms. The molecule has 2 aromatic carbocycles. The van der Waals surface area contributed by atoms with Crippen molar-refractivity contribution < 1.29 is 9.53 Å². The molecule has 0 fully saturated rings. The van der Waals surface area contributed by atoms with Crippen LogP contribution < -0.4 is 5.73 Å². The lowest BCUT2D eigenvalue weighted by Gasteiger charge is -2.21. The third kappa shape index (κ3) is 2.89. The molecule has 2 rings (SSSR count). The molecule has 0 amide bonds. The van der Waals surface area contributed by atoms with E-state index in [1.807, 2.05) is 45.0 Å². The van der Waals surface area contributed by atoms with E-state index in [1.54, 1.807) is 6.07 Å². The van der Waals surface area contributed by atoms with E-state index in [4.69, 9.17) is 10.5 Å². The van der Waals surface area contributed by atoms with Gasteiger partial charge in [-0.3, -0.25) is 0 Å². The Hall–Kier alpha value is -1.55. The smallest absolute Gasteiger partial charge is 0.341 e. The molecule has 19 heavy (non-hydrogen) atoms. The number of nitrogen functional groups attached to an aromatic ring is 1. The molecule has 2 N–H and O–H groups in total. The maximum absolute atomic E-state index is 12.3. The zero-order valence-electron chi connectivity index (χ0n) is 11.2. The summed E-state index contributed by atoms with van der Waals surface area (Å²) in [5.41, 5.74) is 6.27. The van der Waals surface area contributed by atoms with Crippen LogP contribution in [0.2, 0.25) is 0 Å². The van der Waals surface area contributed by atoms with Gasteiger partial charge in [-0.1, -0.05) is 40.2 Å². The molecule has 0 heterocycles. The average molecular weight is 322 g/mol. The van der Waals surface area contributed by atoms with Crippen LogP contribution in [-0.4, -0.2) is 11.6 Å². The number of anilines is 1. The summed E-state index contributed by atoms with van der Waals surface area (Å²) < 4.78 is 6.29. The van der Waals surface area contributed by atoms with Crippen molar-refractivity contribution in [1.29, 1.82) is 0 Å².